The highest BCUT2D eigenvalue weighted by Crippen LogP contribution is 2.13. The second-order valence-electron chi connectivity index (χ2n) is 4.86. The van der Waals surface area contributed by atoms with E-state index in [2.05, 4.69) is 22.4 Å². The van der Waals surface area contributed by atoms with Gasteiger partial charge in [0.25, 0.3) is 5.91 Å². The number of nitrogens with one attached hydrogen (secondary N) is 2. The SMILES string of the molecule is C=C(NNC(=O)c1ccc2ccccc2n1)c1ccc(C)o1. The molecular formula is C17H15N3O2. The first kappa shape index (κ1) is 13.9. The lowest BCUT2D eigenvalue weighted by molar-refractivity contribution is 0.0937. The van der Waals surface area contributed by atoms with Crippen LogP contribution in [0, 0.1) is 6.92 Å². The molecular weight excluding hydrogens is 278 g/mol. The van der Waals surface area contributed by atoms with Gasteiger partial charge in [-0.05, 0) is 31.2 Å². The largest absolute Gasteiger partial charge is 0.460 e. The van der Waals surface area contributed by atoms with Crippen molar-refractivity contribution in [2.45, 2.75) is 6.92 Å². The van der Waals surface area contributed by atoms with E-state index in [1.165, 1.54) is 0 Å². The van der Waals surface area contributed by atoms with Gasteiger partial charge in [-0.25, -0.2) is 4.98 Å². The summed E-state index contributed by atoms with van der Waals surface area (Å²) in [7, 11) is 0. The van der Waals surface area contributed by atoms with Crippen molar-refractivity contribution < 1.29 is 9.21 Å². The predicted molar refractivity (Wildman–Crippen MR) is 84.8 cm³/mol. The van der Waals surface area contributed by atoms with Crippen LogP contribution in [0.25, 0.3) is 16.6 Å². The normalized spacial score (nSPS) is 10.4. The Balaban J connectivity index is 1.69. The number of hydrogen-bond acceptors (Lipinski definition) is 4. The molecule has 0 aliphatic heterocycles. The summed E-state index contributed by atoms with van der Waals surface area (Å²) < 4.78 is 5.41. The van der Waals surface area contributed by atoms with Crippen LogP contribution in [0.15, 0.2) is 59.5 Å². The molecule has 5 heteroatoms. The standard InChI is InChI=1S/C17H15N3O2/c1-11-7-10-16(22-11)12(2)19-20-17(21)15-9-8-13-5-3-4-6-14(13)18-15/h3-10,19H,2H2,1H3,(H,20,21). The Morgan fingerprint density at radius 1 is 1.09 bits per heavy atom. The van der Waals surface area contributed by atoms with Crippen molar-refractivity contribution in [3.8, 4) is 0 Å². The average Bonchev–Trinajstić information content (AvgIpc) is 2.98. The van der Waals surface area contributed by atoms with Crippen LogP contribution in [0.1, 0.15) is 22.0 Å². The van der Waals surface area contributed by atoms with Crippen LogP contribution >= 0.6 is 0 Å². The number of nitrogens with zero attached hydrogens (tertiary/aromatic N) is 1. The summed E-state index contributed by atoms with van der Waals surface area (Å²) >= 11 is 0. The lowest BCUT2D eigenvalue weighted by Gasteiger charge is -2.09. The molecule has 0 atom stereocenters. The fraction of sp³-hybridized carbons (Fsp3) is 0.0588. The van der Waals surface area contributed by atoms with E-state index in [0.717, 1.165) is 16.7 Å². The Morgan fingerprint density at radius 3 is 2.68 bits per heavy atom. The molecule has 2 N–H and O–H groups in total. The molecule has 1 aromatic carbocycles. The highest BCUT2D eigenvalue weighted by atomic mass is 16.3. The number of hydrogen-bond donors (Lipinski definition) is 2. The average molecular weight is 293 g/mol. The molecule has 2 heterocycles. The lowest BCUT2D eigenvalue weighted by Crippen LogP contribution is -2.36. The van der Waals surface area contributed by atoms with Gasteiger partial charge in [-0.3, -0.25) is 15.6 Å². The molecule has 1 amide bonds. The van der Waals surface area contributed by atoms with E-state index < -0.39 is 0 Å². The molecule has 0 spiro atoms. The molecule has 0 unspecified atom stereocenters. The van der Waals surface area contributed by atoms with Crippen LogP contribution in [-0.2, 0) is 0 Å². The quantitative estimate of drug-likeness (QED) is 0.726. The molecule has 22 heavy (non-hydrogen) atoms. The van der Waals surface area contributed by atoms with Crippen LogP contribution < -0.4 is 10.9 Å². The van der Waals surface area contributed by atoms with Crippen LogP contribution in [-0.4, -0.2) is 10.9 Å². The number of pyridine rings is 1. The number of furan rings is 1. The second-order valence-corrected chi connectivity index (χ2v) is 4.86. The molecule has 3 aromatic rings. The van der Waals surface area contributed by atoms with E-state index in [9.17, 15) is 4.79 Å². The van der Waals surface area contributed by atoms with Gasteiger partial charge in [0, 0.05) is 5.39 Å². The smallest absolute Gasteiger partial charge is 0.288 e. The number of para-hydroxylation sites is 1. The first-order valence-electron chi connectivity index (χ1n) is 6.81. The number of carbonyl (C=O) groups is 1. The first-order valence-corrected chi connectivity index (χ1v) is 6.81. The van der Waals surface area contributed by atoms with Gasteiger partial charge in [0.2, 0.25) is 0 Å². The van der Waals surface area contributed by atoms with Crippen LogP contribution in [0.3, 0.4) is 0 Å². The summed E-state index contributed by atoms with van der Waals surface area (Å²) in [5.41, 5.74) is 6.87. The minimum Gasteiger partial charge on any atom is -0.460 e. The molecule has 0 aliphatic rings. The third kappa shape index (κ3) is 2.83. The van der Waals surface area contributed by atoms with E-state index in [1.807, 2.05) is 43.3 Å². The predicted octanol–water partition coefficient (Wildman–Crippen LogP) is 3.04. The van der Waals surface area contributed by atoms with E-state index in [-0.39, 0.29) is 5.91 Å². The Bertz CT molecular complexity index is 852. The number of benzene rings is 1. The van der Waals surface area contributed by atoms with E-state index in [4.69, 9.17) is 4.42 Å². The molecule has 110 valence electrons. The maximum absolute atomic E-state index is 12.1. The van der Waals surface area contributed by atoms with Crippen molar-refractivity contribution in [3.63, 3.8) is 0 Å². The van der Waals surface area contributed by atoms with Crippen LogP contribution in [0.2, 0.25) is 0 Å². The Morgan fingerprint density at radius 2 is 1.91 bits per heavy atom. The maximum atomic E-state index is 12.1. The first-order chi connectivity index (χ1) is 10.6. The summed E-state index contributed by atoms with van der Waals surface area (Å²) in [5.74, 6) is 1.01. The third-order valence-corrected chi connectivity index (χ3v) is 3.20. The van der Waals surface area contributed by atoms with E-state index in [1.54, 1.807) is 12.1 Å². The Kier molecular flexibility index (Phi) is 3.62. The molecule has 0 aliphatic carbocycles. The van der Waals surface area contributed by atoms with Crippen molar-refractivity contribution in [2.75, 3.05) is 0 Å². The van der Waals surface area contributed by atoms with Gasteiger partial charge in [-0.1, -0.05) is 30.8 Å². The molecule has 0 bridgehead atoms. The summed E-state index contributed by atoms with van der Waals surface area (Å²) in [5, 5.41) is 0.988. The van der Waals surface area contributed by atoms with Gasteiger partial charge in [0.15, 0.2) is 5.76 Å². The van der Waals surface area contributed by atoms with Gasteiger partial charge in [-0.15, -0.1) is 0 Å². The second kappa shape index (κ2) is 5.73. The third-order valence-electron chi connectivity index (χ3n) is 3.20. The molecule has 5 nitrogen and oxygen atoms in total. The number of aryl methyl sites for hydroxylation is 1. The molecule has 3 rings (SSSR count). The minimum atomic E-state index is -0.338. The summed E-state index contributed by atoms with van der Waals surface area (Å²) in [6, 6.07) is 14.8. The number of carbonyl (C=O) groups excluding carboxylic acids is 1. The highest BCUT2D eigenvalue weighted by Gasteiger charge is 2.09. The maximum Gasteiger partial charge on any atom is 0.288 e. The fourth-order valence-electron chi connectivity index (χ4n) is 2.05. The van der Waals surface area contributed by atoms with Crippen molar-refractivity contribution >= 4 is 22.5 Å². The molecule has 2 aromatic heterocycles. The number of rotatable bonds is 4. The molecule has 0 fully saturated rings. The van der Waals surface area contributed by atoms with Crippen molar-refractivity contribution in [1.82, 2.24) is 15.8 Å². The number of aromatic nitrogens is 1. The minimum absolute atomic E-state index is 0.328. The zero-order chi connectivity index (χ0) is 15.5. The fourth-order valence-corrected chi connectivity index (χ4v) is 2.05. The molecule has 0 saturated heterocycles. The number of amides is 1. The van der Waals surface area contributed by atoms with Gasteiger partial charge in [0.05, 0.1) is 11.2 Å². The van der Waals surface area contributed by atoms with E-state index >= 15 is 0 Å². The summed E-state index contributed by atoms with van der Waals surface area (Å²) in [6.45, 7) is 5.66. The Labute approximate surface area is 127 Å². The van der Waals surface area contributed by atoms with Crippen molar-refractivity contribution in [2.24, 2.45) is 0 Å². The van der Waals surface area contributed by atoms with Gasteiger partial charge in [0.1, 0.15) is 11.5 Å². The Hall–Kier alpha value is -3.08. The molecule has 0 saturated carbocycles. The molecule has 0 radical (unpaired) electrons. The van der Waals surface area contributed by atoms with Gasteiger partial charge in [-0.2, -0.15) is 0 Å². The van der Waals surface area contributed by atoms with Crippen molar-refractivity contribution in [1.29, 1.82) is 0 Å². The van der Waals surface area contributed by atoms with Gasteiger partial charge < -0.3 is 4.42 Å². The van der Waals surface area contributed by atoms with Crippen LogP contribution in [0.5, 0.6) is 0 Å². The highest BCUT2D eigenvalue weighted by molar-refractivity contribution is 5.95. The zero-order valence-corrected chi connectivity index (χ0v) is 12.1. The lowest BCUT2D eigenvalue weighted by atomic mass is 10.2. The summed E-state index contributed by atoms with van der Waals surface area (Å²) in [6.07, 6.45) is 0. The zero-order valence-electron chi connectivity index (χ0n) is 12.1. The van der Waals surface area contributed by atoms with Gasteiger partial charge >= 0.3 is 0 Å². The summed E-state index contributed by atoms with van der Waals surface area (Å²) in [4.78, 5) is 16.4. The van der Waals surface area contributed by atoms with Crippen molar-refractivity contribution in [3.05, 3.63) is 72.3 Å². The number of fused-ring (bicyclic) bond motifs is 1. The topological polar surface area (TPSA) is 67.2 Å². The monoisotopic (exact) mass is 293 g/mol. The van der Waals surface area contributed by atoms with Crippen LogP contribution in [0.4, 0.5) is 0 Å². The number of hydrazine groups is 1. The van der Waals surface area contributed by atoms with E-state index in [0.29, 0.717) is 17.2 Å².